The lowest BCUT2D eigenvalue weighted by atomic mass is 9.98. The Morgan fingerprint density at radius 3 is 2.67 bits per heavy atom. The van der Waals surface area contributed by atoms with Gasteiger partial charge in [-0.1, -0.05) is 6.92 Å². The second kappa shape index (κ2) is 7.03. The van der Waals surface area contributed by atoms with Gasteiger partial charge in [0.2, 0.25) is 11.0 Å². The molecule has 130 valence electrons. The molecular formula is C16H24N6OS. The SMILES string of the molecule is CCc1nsc(N2CCN(CC(=O)NC(C)(C#N)C3CC3)CC2)n1. The lowest BCUT2D eigenvalue weighted by molar-refractivity contribution is -0.123. The molecule has 8 heteroatoms. The third kappa shape index (κ3) is 3.84. The van der Waals surface area contributed by atoms with E-state index in [4.69, 9.17) is 0 Å². The number of anilines is 1. The maximum Gasteiger partial charge on any atom is 0.235 e. The van der Waals surface area contributed by atoms with Crippen LogP contribution in [0.5, 0.6) is 0 Å². The number of aryl methyl sites for hydroxylation is 1. The minimum atomic E-state index is -0.706. The van der Waals surface area contributed by atoms with Gasteiger partial charge < -0.3 is 10.2 Å². The van der Waals surface area contributed by atoms with E-state index in [0.717, 1.165) is 56.4 Å². The first-order chi connectivity index (χ1) is 11.5. The summed E-state index contributed by atoms with van der Waals surface area (Å²) in [5.74, 6) is 1.16. The maximum atomic E-state index is 12.3. The minimum absolute atomic E-state index is 0.0522. The summed E-state index contributed by atoms with van der Waals surface area (Å²) in [5, 5.41) is 13.2. The number of carbonyl (C=O) groups excluding carboxylic acids is 1. The average molecular weight is 348 g/mol. The molecule has 1 saturated heterocycles. The predicted octanol–water partition coefficient (Wildman–Crippen LogP) is 1.03. The highest BCUT2D eigenvalue weighted by Crippen LogP contribution is 2.39. The molecule has 1 amide bonds. The lowest BCUT2D eigenvalue weighted by Crippen LogP contribution is -2.53. The molecule has 1 saturated carbocycles. The van der Waals surface area contributed by atoms with E-state index in [2.05, 4.69) is 37.5 Å². The summed E-state index contributed by atoms with van der Waals surface area (Å²) in [4.78, 5) is 21.2. The van der Waals surface area contributed by atoms with Gasteiger partial charge in [-0.05, 0) is 25.7 Å². The van der Waals surface area contributed by atoms with Crippen molar-refractivity contribution in [1.82, 2.24) is 19.6 Å². The van der Waals surface area contributed by atoms with E-state index in [9.17, 15) is 10.1 Å². The molecule has 1 atom stereocenters. The Labute approximate surface area is 146 Å². The van der Waals surface area contributed by atoms with Gasteiger partial charge >= 0.3 is 0 Å². The summed E-state index contributed by atoms with van der Waals surface area (Å²) in [5.41, 5.74) is -0.706. The van der Waals surface area contributed by atoms with Gasteiger partial charge in [-0.15, -0.1) is 0 Å². The van der Waals surface area contributed by atoms with Gasteiger partial charge in [0.1, 0.15) is 11.4 Å². The number of nitrogens with zero attached hydrogens (tertiary/aromatic N) is 5. The Morgan fingerprint density at radius 2 is 2.12 bits per heavy atom. The highest BCUT2D eigenvalue weighted by atomic mass is 32.1. The van der Waals surface area contributed by atoms with Gasteiger partial charge in [0, 0.05) is 44.1 Å². The molecule has 2 aliphatic rings. The standard InChI is InChI=1S/C16H24N6OS/c1-3-13-18-15(24-20-13)22-8-6-21(7-9-22)10-14(23)19-16(2,11-17)12-4-5-12/h12H,3-10H2,1-2H3,(H,19,23). The van der Waals surface area contributed by atoms with Crippen LogP contribution in [0.1, 0.15) is 32.5 Å². The smallest absolute Gasteiger partial charge is 0.235 e. The van der Waals surface area contributed by atoms with Crippen molar-refractivity contribution in [2.24, 2.45) is 5.92 Å². The van der Waals surface area contributed by atoms with Crippen LogP contribution in [0.4, 0.5) is 5.13 Å². The third-order valence-electron chi connectivity index (χ3n) is 4.81. The molecule has 1 aromatic heterocycles. The number of nitrogens with one attached hydrogen (secondary N) is 1. The van der Waals surface area contributed by atoms with Crippen molar-refractivity contribution in [3.8, 4) is 6.07 Å². The van der Waals surface area contributed by atoms with Gasteiger partial charge in [0.15, 0.2) is 0 Å². The normalized spacial score (nSPS) is 21.1. The van der Waals surface area contributed by atoms with Crippen LogP contribution in [-0.2, 0) is 11.2 Å². The minimum Gasteiger partial charge on any atom is -0.344 e. The van der Waals surface area contributed by atoms with Crippen LogP contribution in [0.25, 0.3) is 0 Å². The van der Waals surface area contributed by atoms with E-state index in [-0.39, 0.29) is 5.91 Å². The van der Waals surface area contributed by atoms with Crippen LogP contribution in [0.15, 0.2) is 0 Å². The van der Waals surface area contributed by atoms with E-state index in [1.807, 2.05) is 6.92 Å². The van der Waals surface area contributed by atoms with Crippen LogP contribution in [0.2, 0.25) is 0 Å². The van der Waals surface area contributed by atoms with Crippen LogP contribution >= 0.6 is 11.5 Å². The van der Waals surface area contributed by atoms with Crippen LogP contribution in [0, 0.1) is 17.2 Å². The Kier molecular flexibility index (Phi) is 5.01. The van der Waals surface area contributed by atoms with Crippen LogP contribution in [0.3, 0.4) is 0 Å². The number of carbonyl (C=O) groups is 1. The number of piperazine rings is 1. The lowest BCUT2D eigenvalue weighted by Gasteiger charge is -2.34. The zero-order valence-electron chi connectivity index (χ0n) is 14.3. The Bertz CT molecular complexity index is 629. The number of nitriles is 1. The summed E-state index contributed by atoms with van der Waals surface area (Å²) >= 11 is 1.45. The molecule has 0 bridgehead atoms. The molecule has 2 fully saturated rings. The zero-order chi connectivity index (χ0) is 17.2. The second-order valence-corrected chi connectivity index (χ2v) is 7.48. The molecule has 1 unspecified atom stereocenters. The van der Waals surface area contributed by atoms with E-state index < -0.39 is 5.54 Å². The molecule has 1 aliphatic heterocycles. The second-order valence-electron chi connectivity index (χ2n) is 6.75. The molecule has 24 heavy (non-hydrogen) atoms. The molecule has 1 N–H and O–H groups in total. The monoisotopic (exact) mass is 348 g/mol. The molecule has 0 aromatic carbocycles. The third-order valence-corrected chi connectivity index (χ3v) is 5.62. The number of aromatic nitrogens is 2. The average Bonchev–Trinajstić information content (AvgIpc) is 3.34. The Hall–Kier alpha value is -1.72. The van der Waals surface area contributed by atoms with Crippen LogP contribution < -0.4 is 10.2 Å². The molecule has 1 aliphatic carbocycles. The van der Waals surface area contributed by atoms with E-state index >= 15 is 0 Å². The van der Waals surface area contributed by atoms with Gasteiger partial charge in [-0.25, -0.2) is 4.98 Å². The van der Waals surface area contributed by atoms with Crippen molar-refractivity contribution in [2.75, 3.05) is 37.6 Å². The number of hydrogen-bond donors (Lipinski definition) is 1. The fourth-order valence-corrected chi connectivity index (χ4v) is 3.83. The molecule has 1 aromatic rings. The molecular weight excluding hydrogens is 324 g/mol. The first-order valence-electron chi connectivity index (χ1n) is 8.56. The van der Waals surface area contributed by atoms with Gasteiger partial charge in [-0.3, -0.25) is 9.69 Å². The predicted molar refractivity (Wildman–Crippen MR) is 92.8 cm³/mol. The van der Waals surface area contributed by atoms with Crippen LogP contribution in [-0.4, -0.2) is 58.4 Å². The summed E-state index contributed by atoms with van der Waals surface area (Å²) in [6, 6.07) is 2.27. The Morgan fingerprint density at radius 1 is 1.42 bits per heavy atom. The van der Waals surface area contributed by atoms with Crippen molar-refractivity contribution < 1.29 is 4.79 Å². The van der Waals surface area contributed by atoms with E-state index in [0.29, 0.717) is 12.5 Å². The summed E-state index contributed by atoms with van der Waals surface area (Å²) in [7, 11) is 0. The maximum absolute atomic E-state index is 12.3. The highest BCUT2D eigenvalue weighted by Gasteiger charge is 2.43. The highest BCUT2D eigenvalue weighted by molar-refractivity contribution is 7.09. The fourth-order valence-electron chi connectivity index (χ4n) is 3.03. The van der Waals surface area contributed by atoms with Crippen molar-refractivity contribution >= 4 is 22.6 Å². The first-order valence-corrected chi connectivity index (χ1v) is 9.33. The number of amides is 1. The molecule has 7 nitrogen and oxygen atoms in total. The topological polar surface area (TPSA) is 85.2 Å². The van der Waals surface area contributed by atoms with E-state index in [1.165, 1.54) is 11.5 Å². The molecule has 2 heterocycles. The zero-order valence-corrected chi connectivity index (χ0v) is 15.1. The van der Waals surface area contributed by atoms with Gasteiger partial charge in [0.05, 0.1) is 12.6 Å². The molecule has 0 spiro atoms. The largest absolute Gasteiger partial charge is 0.344 e. The summed E-state index contributed by atoms with van der Waals surface area (Å²) in [6.45, 7) is 7.59. The molecule has 0 radical (unpaired) electrons. The first kappa shape index (κ1) is 17.1. The summed E-state index contributed by atoms with van der Waals surface area (Å²) < 4.78 is 4.33. The Balaban J connectivity index is 1.46. The van der Waals surface area contributed by atoms with E-state index in [1.54, 1.807) is 0 Å². The number of rotatable bonds is 6. The van der Waals surface area contributed by atoms with Crippen molar-refractivity contribution in [1.29, 1.82) is 5.26 Å². The van der Waals surface area contributed by atoms with Crippen molar-refractivity contribution in [3.63, 3.8) is 0 Å². The molecule has 3 rings (SSSR count). The van der Waals surface area contributed by atoms with Crippen molar-refractivity contribution in [2.45, 2.75) is 38.6 Å². The summed E-state index contributed by atoms with van der Waals surface area (Å²) in [6.07, 6.45) is 2.92. The van der Waals surface area contributed by atoms with Gasteiger partial charge in [0.25, 0.3) is 0 Å². The quantitative estimate of drug-likeness (QED) is 0.826. The van der Waals surface area contributed by atoms with Gasteiger partial charge in [-0.2, -0.15) is 9.64 Å². The fraction of sp³-hybridized carbons (Fsp3) is 0.750. The number of hydrogen-bond acceptors (Lipinski definition) is 7. The van der Waals surface area contributed by atoms with Crippen molar-refractivity contribution in [3.05, 3.63) is 5.82 Å².